The predicted octanol–water partition coefficient (Wildman–Crippen LogP) is 3.90. The van der Waals surface area contributed by atoms with Crippen LogP contribution >= 0.6 is 0 Å². The Labute approximate surface area is 110 Å². The second-order valence-electron chi connectivity index (χ2n) is 4.56. The van der Waals surface area contributed by atoms with Gasteiger partial charge in [-0.2, -0.15) is 0 Å². The Bertz CT molecular complexity index is 611. The second kappa shape index (κ2) is 5.26. The van der Waals surface area contributed by atoms with Crippen LogP contribution in [-0.4, -0.2) is 5.11 Å². The fourth-order valence-electron chi connectivity index (χ4n) is 1.84. The van der Waals surface area contributed by atoms with E-state index >= 15 is 0 Å². The maximum Gasteiger partial charge on any atom is 0.159 e. The molecule has 2 N–H and O–H groups in total. The van der Waals surface area contributed by atoms with Gasteiger partial charge < -0.3 is 10.4 Å². The average molecular weight is 263 g/mol. The molecule has 0 heterocycles. The lowest BCUT2D eigenvalue weighted by atomic mass is 10.1. The van der Waals surface area contributed by atoms with Crippen molar-refractivity contribution in [3.8, 4) is 5.75 Å². The Kier molecular flexibility index (Phi) is 3.69. The van der Waals surface area contributed by atoms with Crippen LogP contribution < -0.4 is 5.32 Å². The van der Waals surface area contributed by atoms with Crippen LogP contribution in [0.3, 0.4) is 0 Å². The third-order valence-electron chi connectivity index (χ3n) is 3.01. The lowest BCUT2D eigenvalue weighted by molar-refractivity contribution is 0.471. The highest BCUT2D eigenvalue weighted by Crippen LogP contribution is 2.25. The number of hydrogen-bond acceptors (Lipinski definition) is 2. The van der Waals surface area contributed by atoms with Gasteiger partial charge in [0.1, 0.15) is 5.75 Å². The molecule has 2 aromatic carbocycles. The molecule has 2 aromatic rings. The molecule has 0 saturated carbocycles. The van der Waals surface area contributed by atoms with Crippen LogP contribution in [-0.2, 0) is 6.54 Å². The van der Waals surface area contributed by atoms with E-state index in [0.717, 1.165) is 22.9 Å². The number of hydrogen-bond donors (Lipinski definition) is 2. The predicted molar refractivity (Wildman–Crippen MR) is 71.3 cm³/mol. The van der Waals surface area contributed by atoms with Gasteiger partial charge in [0.05, 0.1) is 0 Å². The first-order valence-electron chi connectivity index (χ1n) is 5.95. The summed E-state index contributed by atoms with van der Waals surface area (Å²) in [5.74, 6) is -1.45. The molecule has 0 atom stereocenters. The van der Waals surface area contributed by atoms with Gasteiger partial charge in [0, 0.05) is 12.2 Å². The molecule has 0 unspecified atom stereocenters. The van der Waals surface area contributed by atoms with Crippen molar-refractivity contribution in [2.75, 3.05) is 5.32 Å². The van der Waals surface area contributed by atoms with Gasteiger partial charge in [-0.1, -0.05) is 6.07 Å². The van der Waals surface area contributed by atoms with Crippen LogP contribution in [0.25, 0.3) is 0 Å². The van der Waals surface area contributed by atoms with Crippen molar-refractivity contribution in [1.29, 1.82) is 0 Å². The summed E-state index contributed by atoms with van der Waals surface area (Å²) >= 11 is 0. The fourth-order valence-corrected chi connectivity index (χ4v) is 1.84. The van der Waals surface area contributed by atoms with Crippen molar-refractivity contribution in [1.82, 2.24) is 0 Å². The summed E-state index contributed by atoms with van der Waals surface area (Å²) < 4.78 is 25.9. The molecule has 0 saturated heterocycles. The van der Waals surface area contributed by atoms with Gasteiger partial charge in [-0.25, -0.2) is 8.78 Å². The van der Waals surface area contributed by atoms with Crippen LogP contribution in [0, 0.1) is 25.5 Å². The van der Waals surface area contributed by atoms with Gasteiger partial charge in [0.15, 0.2) is 11.6 Å². The lowest BCUT2D eigenvalue weighted by Gasteiger charge is -2.12. The van der Waals surface area contributed by atoms with E-state index in [1.807, 2.05) is 13.0 Å². The number of benzene rings is 2. The maximum absolute atomic E-state index is 13.1. The molecular weight excluding hydrogens is 248 g/mol. The Hall–Kier alpha value is -2.10. The second-order valence-corrected chi connectivity index (χ2v) is 4.56. The number of aryl methyl sites for hydroxylation is 2. The molecule has 0 radical (unpaired) electrons. The van der Waals surface area contributed by atoms with Crippen LogP contribution in [0.5, 0.6) is 5.75 Å². The first-order chi connectivity index (χ1) is 8.97. The number of halogens is 2. The summed E-state index contributed by atoms with van der Waals surface area (Å²) in [6, 6.07) is 7.31. The molecule has 2 nitrogen and oxygen atoms in total. The number of phenols is 1. The smallest absolute Gasteiger partial charge is 0.159 e. The monoisotopic (exact) mass is 263 g/mol. The standard InChI is InChI=1S/C15H15F2NO/c1-9-6-15(19)10(2)5-14(9)18-8-11-3-4-12(16)13(17)7-11/h3-7,18-19H,8H2,1-2H3. The Morgan fingerprint density at radius 3 is 2.42 bits per heavy atom. The Morgan fingerprint density at radius 2 is 1.74 bits per heavy atom. The highest BCUT2D eigenvalue weighted by atomic mass is 19.2. The summed E-state index contributed by atoms with van der Waals surface area (Å²) in [7, 11) is 0. The molecule has 0 bridgehead atoms. The molecule has 2 rings (SSSR count). The van der Waals surface area contributed by atoms with Crippen LogP contribution in [0.4, 0.5) is 14.5 Å². The first kappa shape index (κ1) is 13.3. The molecule has 0 aliphatic heterocycles. The minimum absolute atomic E-state index is 0.246. The van der Waals surface area contributed by atoms with E-state index in [1.165, 1.54) is 12.1 Å². The number of nitrogens with one attached hydrogen (secondary N) is 1. The van der Waals surface area contributed by atoms with Crippen molar-refractivity contribution < 1.29 is 13.9 Å². The first-order valence-corrected chi connectivity index (χ1v) is 5.95. The van der Waals surface area contributed by atoms with E-state index in [2.05, 4.69) is 5.32 Å². The third-order valence-corrected chi connectivity index (χ3v) is 3.01. The lowest BCUT2D eigenvalue weighted by Crippen LogP contribution is -2.02. The Balaban J connectivity index is 2.14. The van der Waals surface area contributed by atoms with Crippen molar-refractivity contribution >= 4 is 5.69 Å². The zero-order chi connectivity index (χ0) is 14.0. The summed E-state index contributed by atoms with van der Waals surface area (Å²) in [5.41, 5.74) is 3.17. The van der Waals surface area contributed by atoms with Gasteiger partial charge in [0.2, 0.25) is 0 Å². The quantitative estimate of drug-likeness (QED) is 0.823. The number of rotatable bonds is 3. The maximum atomic E-state index is 13.1. The molecule has 19 heavy (non-hydrogen) atoms. The molecule has 0 aliphatic rings. The van der Waals surface area contributed by atoms with Gasteiger partial charge in [0.25, 0.3) is 0 Å². The molecule has 0 amide bonds. The molecule has 0 aromatic heterocycles. The third kappa shape index (κ3) is 3.02. The van der Waals surface area contributed by atoms with Crippen molar-refractivity contribution in [3.63, 3.8) is 0 Å². The molecule has 4 heteroatoms. The number of phenolic OH excluding ortho intramolecular Hbond substituents is 1. The number of aromatic hydroxyl groups is 1. The molecule has 100 valence electrons. The summed E-state index contributed by atoms with van der Waals surface area (Å²) in [5, 5.41) is 12.7. The highest BCUT2D eigenvalue weighted by molar-refractivity contribution is 5.56. The highest BCUT2D eigenvalue weighted by Gasteiger charge is 2.05. The zero-order valence-corrected chi connectivity index (χ0v) is 10.8. The van der Waals surface area contributed by atoms with Crippen LogP contribution in [0.15, 0.2) is 30.3 Å². The molecule has 0 fully saturated rings. The topological polar surface area (TPSA) is 32.3 Å². The van der Waals surface area contributed by atoms with Gasteiger partial charge in [-0.05, 0) is 54.8 Å². The van der Waals surface area contributed by atoms with E-state index in [4.69, 9.17) is 0 Å². The van der Waals surface area contributed by atoms with Crippen molar-refractivity contribution in [2.24, 2.45) is 0 Å². The minimum atomic E-state index is -0.849. The zero-order valence-electron chi connectivity index (χ0n) is 10.8. The molecule has 0 aliphatic carbocycles. The van der Waals surface area contributed by atoms with Gasteiger partial charge in [-0.15, -0.1) is 0 Å². The Morgan fingerprint density at radius 1 is 1.00 bits per heavy atom. The largest absolute Gasteiger partial charge is 0.508 e. The molecular formula is C15H15F2NO. The van der Waals surface area contributed by atoms with E-state index in [9.17, 15) is 13.9 Å². The van der Waals surface area contributed by atoms with E-state index in [0.29, 0.717) is 12.1 Å². The SMILES string of the molecule is Cc1cc(NCc2ccc(F)c(F)c2)c(C)cc1O. The normalized spacial score (nSPS) is 10.5. The number of anilines is 1. The average Bonchev–Trinajstić information content (AvgIpc) is 2.36. The van der Waals surface area contributed by atoms with Gasteiger partial charge >= 0.3 is 0 Å². The van der Waals surface area contributed by atoms with Crippen LogP contribution in [0.1, 0.15) is 16.7 Å². The van der Waals surface area contributed by atoms with Gasteiger partial charge in [-0.3, -0.25) is 0 Å². The van der Waals surface area contributed by atoms with E-state index in [-0.39, 0.29) is 5.75 Å². The molecule has 0 spiro atoms. The van der Waals surface area contributed by atoms with Crippen LogP contribution in [0.2, 0.25) is 0 Å². The summed E-state index contributed by atoms with van der Waals surface area (Å²) in [4.78, 5) is 0. The van der Waals surface area contributed by atoms with E-state index < -0.39 is 11.6 Å². The van der Waals surface area contributed by atoms with E-state index in [1.54, 1.807) is 13.0 Å². The fraction of sp³-hybridized carbons (Fsp3) is 0.200. The summed E-state index contributed by atoms with van der Waals surface area (Å²) in [6.07, 6.45) is 0. The van der Waals surface area contributed by atoms with Crippen molar-refractivity contribution in [3.05, 3.63) is 58.7 Å². The van der Waals surface area contributed by atoms with Crippen molar-refractivity contribution in [2.45, 2.75) is 20.4 Å². The minimum Gasteiger partial charge on any atom is -0.508 e. The summed E-state index contributed by atoms with van der Waals surface area (Å²) in [6.45, 7) is 4.06.